The summed E-state index contributed by atoms with van der Waals surface area (Å²) < 4.78 is 11.0. The van der Waals surface area contributed by atoms with Crippen LogP contribution in [0.25, 0.3) is 10.2 Å². The number of hydrogen-bond donors (Lipinski definition) is 0. The van der Waals surface area contributed by atoms with E-state index >= 15 is 0 Å². The largest absolute Gasteiger partial charge is 0.454 e. The highest BCUT2D eigenvalue weighted by Crippen LogP contribution is 2.36. The van der Waals surface area contributed by atoms with Crippen LogP contribution in [0.2, 0.25) is 0 Å². The van der Waals surface area contributed by atoms with Crippen molar-refractivity contribution in [1.29, 1.82) is 0 Å². The average Bonchev–Trinajstić information content (AvgIpc) is 3.55. The Bertz CT molecular complexity index is 1170. The minimum atomic E-state index is 0.325. The molecule has 3 aliphatic heterocycles. The third-order valence-electron chi connectivity index (χ3n) is 7.13. The summed E-state index contributed by atoms with van der Waals surface area (Å²) in [6.07, 6.45) is 2.58. The van der Waals surface area contributed by atoms with Crippen LogP contribution in [0, 0.1) is 13.8 Å². The molecule has 0 aliphatic carbocycles. The van der Waals surface area contributed by atoms with Gasteiger partial charge in [-0.1, -0.05) is 6.07 Å². The maximum Gasteiger partial charge on any atom is 0.231 e. The predicted octanol–water partition coefficient (Wildman–Crippen LogP) is 3.95. The SMILES string of the molecule is Cc1sc2nc(CN3CCCC3)nc(N3CCN(Cc4ccc5c(c4)OCO5)CC3)c2c1C. The zero-order valence-electron chi connectivity index (χ0n) is 19.5. The summed E-state index contributed by atoms with van der Waals surface area (Å²) in [4.78, 5) is 20.1. The van der Waals surface area contributed by atoms with Crippen molar-refractivity contribution in [1.82, 2.24) is 19.8 Å². The van der Waals surface area contributed by atoms with Crippen molar-refractivity contribution < 1.29 is 9.47 Å². The summed E-state index contributed by atoms with van der Waals surface area (Å²) in [5.41, 5.74) is 2.61. The molecule has 7 nitrogen and oxygen atoms in total. The molecule has 174 valence electrons. The molecular formula is C25H31N5O2S. The van der Waals surface area contributed by atoms with E-state index in [0.717, 1.165) is 80.3 Å². The molecule has 1 aromatic carbocycles. The van der Waals surface area contributed by atoms with Crippen molar-refractivity contribution in [2.75, 3.05) is 51.0 Å². The molecule has 0 saturated carbocycles. The van der Waals surface area contributed by atoms with Gasteiger partial charge in [-0.25, -0.2) is 9.97 Å². The van der Waals surface area contributed by atoms with Gasteiger partial charge >= 0.3 is 0 Å². The first-order valence-corrected chi connectivity index (χ1v) is 12.8. The maximum absolute atomic E-state index is 5.55. The van der Waals surface area contributed by atoms with E-state index in [-0.39, 0.29) is 0 Å². The Morgan fingerprint density at radius 3 is 2.45 bits per heavy atom. The van der Waals surface area contributed by atoms with Gasteiger partial charge in [0.15, 0.2) is 11.5 Å². The first-order valence-electron chi connectivity index (χ1n) is 12.0. The number of piperazine rings is 1. The van der Waals surface area contributed by atoms with Crippen LogP contribution < -0.4 is 14.4 Å². The van der Waals surface area contributed by atoms with E-state index < -0.39 is 0 Å². The molecule has 0 N–H and O–H groups in total. The van der Waals surface area contributed by atoms with Gasteiger partial charge in [0.1, 0.15) is 16.5 Å². The Hall–Kier alpha value is -2.42. The molecule has 2 fully saturated rings. The van der Waals surface area contributed by atoms with Gasteiger partial charge in [0, 0.05) is 37.6 Å². The number of likely N-dealkylation sites (tertiary alicyclic amines) is 1. The van der Waals surface area contributed by atoms with Crippen molar-refractivity contribution in [2.45, 2.75) is 39.8 Å². The van der Waals surface area contributed by atoms with Crippen LogP contribution >= 0.6 is 11.3 Å². The topological polar surface area (TPSA) is 54.0 Å². The van der Waals surface area contributed by atoms with Crippen LogP contribution in [-0.4, -0.2) is 65.8 Å². The highest BCUT2D eigenvalue weighted by atomic mass is 32.1. The lowest BCUT2D eigenvalue weighted by atomic mass is 10.1. The van der Waals surface area contributed by atoms with Gasteiger partial charge in [-0.3, -0.25) is 9.80 Å². The summed E-state index contributed by atoms with van der Waals surface area (Å²) in [5.74, 6) is 3.83. The van der Waals surface area contributed by atoms with Gasteiger partial charge in [-0.15, -0.1) is 11.3 Å². The summed E-state index contributed by atoms with van der Waals surface area (Å²) in [7, 11) is 0. The van der Waals surface area contributed by atoms with Crippen molar-refractivity contribution in [3.63, 3.8) is 0 Å². The predicted molar refractivity (Wildman–Crippen MR) is 131 cm³/mol. The number of nitrogens with zero attached hydrogens (tertiary/aromatic N) is 5. The molecule has 2 saturated heterocycles. The van der Waals surface area contributed by atoms with Crippen LogP contribution in [0.5, 0.6) is 11.5 Å². The Balaban J connectivity index is 1.20. The van der Waals surface area contributed by atoms with Crippen molar-refractivity contribution >= 4 is 27.4 Å². The molecule has 0 unspecified atom stereocenters. The van der Waals surface area contributed by atoms with Gasteiger partial charge in [0.25, 0.3) is 0 Å². The number of anilines is 1. The normalized spacial score (nSPS) is 19.2. The van der Waals surface area contributed by atoms with Gasteiger partial charge in [-0.2, -0.15) is 0 Å². The number of rotatable bonds is 5. The van der Waals surface area contributed by atoms with Gasteiger partial charge in [-0.05, 0) is 63.0 Å². The van der Waals surface area contributed by atoms with Crippen LogP contribution in [0.15, 0.2) is 18.2 Å². The lowest BCUT2D eigenvalue weighted by Gasteiger charge is -2.36. The Kier molecular flexibility index (Phi) is 5.60. The van der Waals surface area contributed by atoms with Gasteiger partial charge in [0.05, 0.1) is 11.9 Å². The average molecular weight is 466 g/mol. The number of aromatic nitrogens is 2. The van der Waals surface area contributed by atoms with Gasteiger partial charge in [0.2, 0.25) is 6.79 Å². The molecule has 5 heterocycles. The second-order valence-corrected chi connectivity index (χ2v) is 10.6. The lowest BCUT2D eigenvalue weighted by Crippen LogP contribution is -2.46. The van der Waals surface area contributed by atoms with E-state index in [4.69, 9.17) is 19.4 Å². The van der Waals surface area contributed by atoms with E-state index in [2.05, 4.69) is 40.7 Å². The zero-order valence-corrected chi connectivity index (χ0v) is 20.3. The number of benzene rings is 1. The zero-order chi connectivity index (χ0) is 22.4. The molecule has 0 spiro atoms. The smallest absolute Gasteiger partial charge is 0.231 e. The highest BCUT2D eigenvalue weighted by molar-refractivity contribution is 7.18. The molecule has 3 aliphatic rings. The van der Waals surface area contributed by atoms with E-state index in [0.29, 0.717) is 6.79 Å². The van der Waals surface area contributed by atoms with Crippen LogP contribution in [0.1, 0.15) is 34.7 Å². The maximum atomic E-state index is 5.55. The molecule has 33 heavy (non-hydrogen) atoms. The quantitative estimate of drug-likeness (QED) is 0.565. The van der Waals surface area contributed by atoms with Gasteiger partial charge < -0.3 is 14.4 Å². The molecule has 0 amide bonds. The molecule has 2 aromatic heterocycles. The van der Waals surface area contributed by atoms with E-state index in [1.165, 1.54) is 34.2 Å². The summed E-state index contributed by atoms with van der Waals surface area (Å²) in [5, 5.41) is 1.26. The van der Waals surface area contributed by atoms with Crippen molar-refractivity contribution in [3.8, 4) is 11.5 Å². The van der Waals surface area contributed by atoms with Crippen LogP contribution in [-0.2, 0) is 13.1 Å². The fourth-order valence-corrected chi connectivity index (χ4v) is 6.17. The molecule has 0 atom stereocenters. The first-order chi connectivity index (χ1) is 16.1. The third-order valence-corrected chi connectivity index (χ3v) is 8.24. The molecule has 0 radical (unpaired) electrons. The Labute approximate surface area is 198 Å². The fourth-order valence-electron chi connectivity index (χ4n) is 5.13. The molecule has 3 aromatic rings. The molecular weight excluding hydrogens is 434 g/mol. The van der Waals surface area contributed by atoms with E-state index in [1.807, 2.05) is 17.4 Å². The summed E-state index contributed by atoms with van der Waals surface area (Å²) in [6, 6.07) is 6.29. The second kappa shape index (κ2) is 8.74. The lowest BCUT2D eigenvalue weighted by molar-refractivity contribution is 0.174. The standard InChI is InChI=1S/C25H31N5O2S/c1-17-18(2)33-25-23(17)24(26-22(27-25)15-28-7-3-4-8-28)30-11-9-29(10-12-30)14-19-5-6-20-21(13-19)32-16-31-20/h5-6,13H,3-4,7-12,14-16H2,1-2H3. The number of thiophene rings is 1. The first kappa shape index (κ1) is 21.1. The fraction of sp³-hybridized carbons (Fsp3) is 0.520. The molecule has 0 bridgehead atoms. The molecule has 8 heteroatoms. The van der Waals surface area contributed by atoms with E-state index in [9.17, 15) is 0 Å². The molecule has 6 rings (SSSR count). The minimum absolute atomic E-state index is 0.325. The summed E-state index contributed by atoms with van der Waals surface area (Å²) in [6.45, 7) is 12.9. The highest BCUT2D eigenvalue weighted by Gasteiger charge is 2.25. The third kappa shape index (κ3) is 4.16. The van der Waals surface area contributed by atoms with Crippen LogP contribution in [0.3, 0.4) is 0 Å². The number of ether oxygens (including phenoxy) is 2. The minimum Gasteiger partial charge on any atom is -0.454 e. The van der Waals surface area contributed by atoms with Crippen molar-refractivity contribution in [3.05, 3.63) is 40.0 Å². The number of fused-ring (bicyclic) bond motifs is 2. The van der Waals surface area contributed by atoms with Crippen LogP contribution in [0.4, 0.5) is 5.82 Å². The summed E-state index contributed by atoms with van der Waals surface area (Å²) >= 11 is 1.81. The monoisotopic (exact) mass is 465 g/mol. The number of aryl methyl sites for hydroxylation is 2. The Morgan fingerprint density at radius 1 is 0.879 bits per heavy atom. The van der Waals surface area contributed by atoms with Crippen molar-refractivity contribution in [2.24, 2.45) is 0 Å². The second-order valence-electron chi connectivity index (χ2n) is 9.36. The Morgan fingerprint density at radius 2 is 1.64 bits per heavy atom. The van der Waals surface area contributed by atoms with E-state index in [1.54, 1.807) is 0 Å². The number of hydrogen-bond acceptors (Lipinski definition) is 8.